The average Bonchev–Trinajstić information content (AvgIpc) is 2.60. The molecule has 1 unspecified atom stereocenters. The van der Waals surface area contributed by atoms with Crippen LogP contribution in [-0.4, -0.2) is 54.4 Å². The number of carboxylic acid groups (broad SMARTS) is 1. The Bertz CT molecular complexity index is 556. The van der Waals surface area contributed by atoms with E-state index >= 15 is 0 Å². The molecule has 1 aliphatic heterocycles. The van der Waals surface area contributed by atoms with Gasteiger partial charge in [0, 0.05) is 19.1 Å². The van der Waals surface area contributed by atoms with E-state index in [1.54, 1.807) is 4.90 Å². The molecule has 1 heterocycles. The van der Waals surface area contributed by atoms with Crippen LogP contribution in [0, 0.1) is 11.8 Å². The maximum absolute atomic E-state index is 12.6. The lowest BCUT2D eigenvalue weighted by Crippen LogP contribution is -2.52. The molecule has 2 amide bonds. The van der Waals surface area contributed by atoms with Crippen molar-refractivity contribution in [3.05, 3.63) is 35.9 Å². The number of carboxylic acids is 1. The zero-order valence-corrected chi connectivity index (χ0v) is 15.0. The van der Waals surface area contributed by atoms with E-state index in [0.29, 0.717) is 39.1 Å². The van der Waals surface area contributed by atoms with E-state index in [-0.39, 0.29) is 11.9 Å². The van der Waals surface area contributed by atoms with Crippen molar-refractivity contribution < 1.29 is 19.4 Å². The molecule has 0 aliphatic carbocycles. The second kappa shape index (κ2) is 9.42. The van der Waals surface area contributed by atoms with Crippen LogP contribution in [0.25, 0.3) is 0 Å². The highest BCUT2D eigenvalue weighted by Gasteiger charge is 2.31. The summed E-state index contributed by atoms with van der Waals surface area (Å²) in [5.74, 6) is -1.25. The molecule has 6 nitrogen and oxygen atoms in total. The third kappa shape index (κ3) is 6.05. The maximum atomic E-state index is 12.6. The quantitative estimate of drug-likeness (QED) is 0.793. The van der Waals surface area contributed by atoms with E-state index < -0.39 is 17.9 Å². The third-order valence-electron chi connectivity index (χ3n) is 4.43. The van der Waals surface area contributed by atoms with Gasteiger partial charge in [0.05, 0.1) is 19.1 Å². The summed E-state index contributed by atoms with van der Waals surface area (Å²) in [6.45, 7) is 6.10. The minimum absolute atomic E-state index is 0.209. The summed E-state index contributed by atoms with van der Waals surface area (Å²) in [6, 6.07) is 9.04. The van der Waals surface area contributed by atoms with Crippen LogP contribution in [0.15, 0.2) is 30.3 Å². The first kappa shape index (κ1) is 19.2. The number of nitrogens with one attached hydrogen (secondary N) is 1. The highest BCUT2D eigenvalue weighted by molar-refractivity contribution is 5.77. The number of carbonyl (C=O) groups excluding carboxylic acids is 1. The van der Waals surface area contributed by atoms with E-state index in [2.05, 4.69) is 5.32 Å². The number of carbonyl (C=O) groups is 2. The smallest absolute Gasteiger partial charge is 0.317 e. The lowest BCUT2D eigenvalue weighted by molar-refractivity contribution is -0.143. The zero-order chi connectivity index (χ0) is 18.2. The number of rotatable bonds is 7. The molecule has 0 saturated carbocycles. The maximum Gasteiger partial charge on any atom is 0.317 e. The summed E-state index contributed by atoms with van der Waals surface area (Å²) in [5.41, 5.74) is 1.02. The van der Waals surface area contributed by atoms with Crippen molar-refractivity contribution in [2.24, 2.45) is 11.8 Å². The molecule has 0 bridgehead atoms. The molecule has 138 valence electrons. The minimum Gasteiger partial charge on any atom is -0.481 e. The van der Waals surface area contributed by atoms with Gasteiger partial charge in [-0.05, 0) is 24.3 Å². The topological polar surface area (TPSA) is 78.9 Å². The van der Waals surface area contributed by atoms with Crippen molar-refractivity contribution in [2.75, 3.05) is 26.3 Å². The largest absolute Gasteiger partial charge is 0.481 e. The molecule has 1 aromatic rings. The fourth-order valence-electron chi connectivity index (χ4n) is 3.12. The summed E-state index contributed by atoms with van der Waals surface area (Å²) in [6.07, 6.45) is 1.02. The van der Waals surface area contributed by atoms with E-state index in [1.807, 2.05) is 44.2 Å². The van der Waals surface area contributed by atoms with Crippen molar-refractivity contribution in [1.82, 2.24) is 10.2 Å². The minimum atomic E-state index is -0.864. The molecular formula is C19H28N2O4. The van der Waals surface area contributed by atoms with Crippen molar-refractivity contribution in [1.29, 1.82) is 0 Å². The Hall–Kier alpha value is -2.08. The summed E-state index contributed by atoms with van der Waals surface area (Å²) < 4.78 is 5.27. The van der Waals surface area contributed by atoms with E-state index in [9.17, 15) is 14.7 Å². The lowest BCUT2D eigenvalue weighted by atomic mass is 9.87. The van der Waals surface area contributed by atoms with E-state index in [1.165, 1.54) is 0 Å². The van der Waals surface area contributed by atoms with Gasteiger partial charge in [-0.3, -0.25) is 4.79 Å². The van der Waals surface area contributed by atoms with Crippen LogP contribution in [0.1, 0.15) is 25.8 Å². The Morgan fingerprint density at radius 1 is 1.20 bits per heavy atom. The van der Waals surface area contributed by atoms with Gasteiger partial charge in [0.25, 0.3) is 0 Å². The van der Waals surface area contributed by atoms with Crippen LogP contribution in [-0.2, 0) is 16.0 Å². The number of hydrogen-bond acceptors (Lipinski definition) is 3. The molecule has 2 atom stereocenters. The number of amides is 2. The molecule has 1 fully saturated rings. The lowest BCUT2D eigenvalue weighted by Gasteiger charge is -2.32. The summed E-state index contributed by atoms with van der Waals surface area (Å²) in [5, 5.41) is 12.7. The fourth-order valence-corrected chi connectivity index (χ4v) is 3.12. The van der Waals surface area contributed by atoms with Crippen LogP contribution < -0.4 is 5.32 Å². The molecule has 1 saturated heterocycles. The molecule has 1 aliphatic rings. The monoisotopic (exact) mass is 348 g/mol. The van der Waals surface area contributed by atoms with E-state index in [4.69, 9.17) is 4.74 Å². The van der Waals surface area contributed by atoms with Gasteiger partial charge in [-0.1, -0.05) is 44.2 Å². The Morgan fingerprint density at radius 3 is 2.40 bits per heavy atom. The van der Waals surface area contributed by atoms with Crippen molar-refractivity contribution in [2.45, 2.75) is 32.7 Å². The number of hydrogen-bond donors (Lipinski definition) is 2. The van der Waals surface area contributed by atoms with Gasteiger partial charge in [0.1, 0.15) is 0 Å². The Morgan fingerprint density at radius 2 is 1.84 bits per heavy atom. The van der Waals surface area contributed by atoms with Gasteiger partial charge < -0.3 is 20.1 Å². The summed E-state index contributed by atoms with van der Waals surface area (Å²) in [4.78, 5) is 26.1. The fraction of sp³-hybridized carbons (Fsp3) is 0.579. The molecular weight excluding hydrogens is 320 g/mol. The third-order valence-corrected chi connectivity index (χ3v) is 4.43. The Labute approximate surface area is 149 Å². The molecule has 6 heteroatoms. The van der Waals surface area contributed by atoms with Gasteiger partial charge in [-0.25, -0.2) is 4.79 Å². The first-order chi connectivity index (χ1) is 12.0. The summed E-state index contributed by atoms with van der Waals surface area (Å²) in [7, 11) is 0. The number of ether oxygens (including phenoxy) is 1. The normalized spacial score (nSPS) is 17.2. The molecule has 0 spiro atoms. The first-order valence-electron chi connectivity index (χ1n) is 8.87. The van der Waals surface area contributed by atoms with Crippen molar-refractivity contribution in [3.8, 4) is 0 Å². The molecule has 2 N–H and O–H groups in total. The van der Waals surface area contributed by atoms with E-state index in [0.717, 1.165) is 5.56 Å². The van der Waals surface area contributed by atoms with Gasteiger partial charge in [-0.2, -0.15) is 0 Å². The Balaban J connectivity index is 2.14. The molecule has 0 radical (unpaired) electrons. The van der Waals surface area contributed by atoms with Crippen LogP contribution >= 0.6 is 0 Å². The van der Waals surface area contributed by atoms with Gasteiger partial charge >= 0.3 is 12.0 Å². The van der Waals surface area contributed by atoms with Crippen LogP contribution in [0.4, 0.5) is 4.79 Å². The molecule has 25 heavy (non-hydrogen) atoms. The molecule has 2 rings (SSSR count). The highest BCUT2D eigenvalue weighted by atomic mass is 16.5. The number of urea groups is 1. The van der Waals surface area contributed by atoms with Crippen LogP contribution in [0.3, 0.4) is 0 Å². The SMILES string of the molecule is CC(C)C[C@@H](C(=O)O)C(Cc1ccccc1)NC(=O)N1CCOCC1. The molecule has 1 aromatic carbocycles. The number of morpholine rings is 1. The predicted octanol–water partition coefficient (Wildman–Crippen LogP) is 2.39. The number of benzene rings is 1. The number of nitrogens with zero attached hydrogens (tertiary/aromatic N) is 1. The van der Waals surface area contributed by atoms with Gasteiger partial charge in [0.15, 0.2) is 0 Å². The van der Waals surface area contributed by atoms with Gasteiger partial charge in [0.2, 0.25) is 0 Å². The highest BCUT2D eigenvalue weighted by Crippen LogP contribution is 2.20. The van der Waals surface area contributed by atoms with Gasteiger partial charge in [-0.15, -0.1) is 0 Å². The Kier molecular flexibility index (Phi) is 7.25. The predicted molar refractivity (Wildman–Crippen MR) is 95.4 cm³/mol. The second-order valence-corrected chi connectivity index (χ2v) is 6.92. The second-order valence-electron chi connectivity index (χ2n) is 6.92. The van der Waals surface area contributed by atoms with Crippen molar-refractivity contribution >= 4 is 12.0 Å². The van der Waals surface area contributed by atoms with Crippen LogP contribution in [0.5, 0.6) is 0 Å². The number of aliphatic carboxylic acids is 1. The standard InChI is InChI=1S/C19H28N2O4/c1-14(2)12-16(18(22)23)17(13-15-6-4-3-5-7-15)20-19(24)21-8-10-25-11-9-21/h3-7,14,16-17H,8-13H2,1-2H3,(H,20,24)(H,22,23)/t16-,17?/m1/s1. The zero-order valence-electron chi connectivity index (χ0n) is 15.0. The van der Waals surface area contributed by atoms with Crippen LogP contribution in [0.2, 0.25) is 0 Å². The van der Waals surface area contributed by atoms with Crippen molar-refractivity contribution in [3.63, 3.8) is 0 Å². The first-order valence-corrected chi connectivity index (χ1v) is 8.87. The average molecular weight is 348 g/mol. The summed E-state index contributed by atoms with van der Waals surface area (Å²) >= 11 is 0. The molecule has 0 aromatic heterocycles.